The Labute approximate surface area is 105 Å². The molecule has 0 aliphatic rings. The number of nitrogens with zero attached hydrogens (tertiary/aromatic N) is 1. The predicted octanol–water partition coefficient (Wildman–Crippen LogP) is 3.47. The van der Waals surface area contributed by atoms with Gasteiger partial charge in [0, 0.05) is 22.5 Å². The summed E-state index contributed by atoms with van der Waals surface area (Å²) in [4.78, 5) is 16.1. The molecule has 0 aliphatic carbocycles. The number of aryl methyl sites for hydroxylation is 1. The van der Waals surface area contributed by atoms with Crippen LogP contribution in [0.1, 0.15) is 21.6 Å². The lowest BCUT2D eigenvalue weighted by Gasteiger charge is -2.03. The number of carbonyl (C=O) groups excluding carboxylic acids is 1. The van der Waals surface area contributed by atoms with Gasteiger partial charge in [-0.15, -0.1) is 0 Å². The highest BCUT2D eigenvalue weighted by molar-refractivity contribution is 6.31. The van der Waals surface area contributed by atoms with Crippen LogP contribution in [-0.2, 0) is 6.42 Å². The Balaban J connectivity index is 2.18. The van der Waals surface area contributed by atoms with Gasteiger partial charge in [-0.25, -0.2) is 0 Å². The fourth-order valence-corrected chi connectivity index (χ4v) is 1.70. The Kier molecular flexibility index (Phi) is 3.55. The van der Waals surface area contributed by atoms with Gasteiger partial charge in [0.25, 0.3) is 0 Å². The number of hydrogen-bond donors (Lipinski definition) is 0. The SMILES string of the molecule is Cc1cc(C(=O)Cc2ccccn2)ccc1Cl. The van der Waals surface area contributed by atoms with E-state index in [1.807, 2.05) is 31.2 Å². The average molecular weight is 246 g/mol. The van der Waals surface area contributed by atoms with Gasteiger partial charge < -0.3 is 0 Å². The van der Waals surface area contributed by atoms with Gasteiger partial charge in [-0.05, 0) is 42.8 Å². The van der Waals surface area contributed by atoms with Gasteiger partial charge in [0.15, 0.2) is 5.78 Å². The number of halogens is 1. The van der Waals surface area contributed by atoms with E-state index in [2.05, 4.69) is 4.98 Å². The molecule has 86 valence electrons. The zero-order valence-electron chi connectivity index (χ0n) is 9.48. The van der Waals surface area contributed by atoms with Crippen LogP contribution in [0, 0.1) is 6.92 Å². The summed E-state index contributed by atoms with van der Waals surface area (Å²) < 4.78 is 0. The molecule has 0 saturated heterocycles. The van der Waals surface area contributed by atoms with E-state index in [0.717, 1.165) is 11.3 Å². The topological polar surface area (TPSA) is 30.0 Å². The molecule has 1 aromatic carbocycles. The van der Waals surface area contributed by atoms with E-state index in [-0.39, 0.29) is 5.78 Å². The Bertz CT molecular complexity index is 537. The van der Waals surface area contributed by atoms with Crippen LogP contribution in [0.4, 0.5) is 0 Å². The number of Topliss-reactive ketones (excluding diaryl/α,β-unsaturated/α-hetero) is 1. The summed E-state index contributed by atoms with van der Waals surface area (Å²) in [5.74, 6) is 0.0588. The zero-order chi connectivity index (χ0) is 12.3. The van der Waals surface area contributed by atoms with Crippen molar-refractivity contribution in [3.8, 4) is 0 Å². The fraction of sp³-hybridized carbons (Fsp3) is 0.143. The standard InChI is InChI=1S/C14H12ClNO/c1-10-8-11(5-6-13(10)15)14(17)9-12-4-2-3-7-16-12/h2-8H,9H2,1H3. The number of hydrogen-bond acceptors (Lipinski definition) is 2. The molecule has 1 aromatic heterocycles. The van der Waals surface area contributed by atoms with Gasteiger partial charge in [0.05, 0.1) is 6.42 Å². The van der Waals surface area contributed by atoms with E-state index in [1.54, 1.807) is 18.3 Å². The second-order valence-corrected chi connectivity index (χ2v) is 4.29. The Morgan fingerprint density at radius 3 is 2.76 bits per heavy atom. The molecule has 1 heterocycles. The summed E-state index contributed by atoms with van der Waals surface area (Å²) >= 11 is 5.92. The molecule has 0 atom stereocenters. The molecule has 3 heteroatoms. The van der Waals surface area contributed by atoms with E-state index in [0.29, 0.717) is 17.0 Å². The summed E-state index contributed by atoms with van der Waals surface area (Å²) in [6, 6.07) is 10.9. The van der Waals surface area contributed by atoms with Gasteiger partial charge in [-0.1, -0.05) is 17.7 Å². The van der Waals surface area contributed by atoms with Crippen molar-refractivity contribution in [2.45, 2.75) is 13.3 Å². The first kappa shape index (κ1) is 11.8. The molecule has 0 N–H and O–H groups in total. The predicted molar refractivity (Wildman–Crippen MR) is 68.5 cm³/mol. The third-order valence-electron chi connectivity index (χ3n) is 2.55. The van der Waals surface area contributed by atoms with Crippen molar-refractivity contribution in [3.63, 3.8) is 0 Å². The molecule has 0 amide bonds. The van der Waals surface area contributed by atoms with Gasteiger partial charge in [0.1, 0.15) is 0 Å². The lowest BCUT2D eigenvalue weighted by molar-refractivity contribution is 0.0992. The number of carbonyl (C=O) groups is 1. The molecule has 0 fully saturated rings. The quantitative estimate of drug-likeness (QED) is 0.775. The molecular weight excluding hydrogens is 234 g/mol. The highest BCUT2D eigenvalue weighted by Crippen LogP contribution is 2.17. The number of aromatic nitrogens is 1. The van der Waals surface area contributed by atoms with Gasteiger partial charge in [-0.3, -0.25) is 9.78 Å². The lowest BCUT2D eigenvalue weighted by Crippen LogP contribution is -2.05. The van der Waals surface area contributed by atoms with Crippen LogP contribution in [0.25, 0.3) is 0 Å². The van der Waals surface area contributed by atoms with Crippen LogP contribution >= 0.6 is 11.6 Å². The lowest BCUT2D eigenvalue weighted by atomic mass is 10.0. The molecule has 0 spiro atoms. The second-order valence-electron chi connectivity index (χ2n) is 3.88. The van der Waals surface area contributed by atoms with Crippen molar-refractivity contribution in [3.05, 3.63) is 64.4 Å². The van der Waals surface area contributed by atoms with Crippen molar-refractivity contribution in [2.24, 2.45) is 0 Å². The van der Waals surface area contributed by atoms with Crippen LogP contribution in [0.5, 0.6) is 0 Å². The third kappa shape index (κ3) is 2.92. The van der Waals surface area contributed by atoms with E-state index in [1.165, 1.54) is 0 Å². The number of ketones is 1. The molecular formula is C14H12ClNO. The maximum absolute atomic E-state index is 12.0. The molecule has 2 nitrogen and oxygen atoms in total. The Morgan fingerprint density at radius 1 is 1.29 bits per heavy atom. The monoisotopic (exact) mass is 245 g/mol. The molecule has 0 radical (unpaired) electrons. The molecule has 0 saturated carbocycles. The summed E-state index contributed by atoms with van der Waals surface area (Å²) in [5, 5.41) is 0.680. The summed E-state index contributed by atoms with van der Waals surface area (Å²) in [7, 11) is 0. The Morgan fingerprint density at radius 2 is 2.12 bits per heavy atom. The second kappa shape index (κ2) is 5.11. The summed E-state index contributed by atoms with van der Waals surface area (Å²) in [6.45, 7) is 1.89. The van der Waals surface area contributed by atoms with E-state index < -0.39 is 0 Å². The van der Waals surface area contributed by atoms with Crippen LogP contribution in [-0.4, -0.2) is 10.8 Å². The van der Waals surface area contributed by atoms with Gasteiger partial charge in [-0.2, -0.15) is 0 Å². The number of pyridine rings is 1. The molecule has 0 unspecified atom stereocenters. The molecule has 2 aromatic rings. The third-order valence-corrected chi connectivity index (χ3v) is 2.97. The van der Waals surface area contributed by atoms with Crippen molar-refractivity contribution in [1.29, 1.82) is 0 Å². The van der Waals surface area contributed by atoms with Crippen LogP contribution in [0.3, 0.4) is 0 Å². The van der Waals surface area contributed by atoms with Crippen LogP contribution in [0.15, 0.2) is 42.6 Å². The summed E-state index contributed by atoms with van der Waals surface area (Å²) in [6.07, 6.45) is 2.01. The normalized spacial score (nSPS) is 10.2. The van der Waals surface area contributed by atoms with Crippen molar-refractivity contribution in [2.75, 3.05) is 0 Å². The Hall–Kier alpha value is -1.67. The molecule has 0 aliphatic heterocycles. The maximum atomic E-state index is 12.0. The highest BCUT2D eigenvalue weighted by Gasteiger charge is 2.08. The highest BCUT2D eigenvalue weighted by atomic mass is 35.5. The van der Waals surface area contributed by atoms with Gasteiger partial charge in [0.2, 0.25) is 0 Å². The first-order chi connectivity index (χ1) is 8.16. The minimum atomic E-state index is 0.0588. The number of rotatable bonds is 3. The van der Waals surface area contributed by atoms with E-state index in [4.69, 9.17) is 11.6 Å². The van der Waals surface area contributed by atoms with E-state index in [9.17, 15) is 4.79 Å². The molecule has 0 bridgehead atoms. The minimum Gasteiger partial charge on any atom is -0.294 e. The van der Waals surface area contributed by atoms with Crippen molar-refractivity contribution >= 4 is 17.4 Å². The van der Waals surface area contributed by atoms with Crippen LogP contribution < -0.4 is 0 Å². The fourth-order valence-electron chi connectivity index (χ4n) is 1.59. The largest absolute Gasteiger partial charge is 0.294 e. The molecule has 2 rings (SSSR count). The smallest absolute Gasteiger partial charge is 0.168 e. The average Bonchev–Trinajstić information content (AvgIpc) is 2.34. The minimum absolute atomic E-state index is 0.0588. The first-order valence-corrected chi connectivity index (χ1v) is 5.74. The number of benzene rings is 1. The van der Waals surface area contributed by atoms with Crippen molar-refractivity contribution in [1.82, 2.24) is 4.98 Å². The van der Waals surface area contributed by atoms with E-state index >= 15 is 0 Å². The summed E-state index contributed by atoms with van der Waals surface area (Å²) in [5.41, 5.74) is 2.38. The van der Waals surface area contributed by atoms with Crippen LogP contribution in [0.2, 0.25) is 5.02 Å². The molecule has 17 heavy (non-hydrogen) atoms. The zero-order valence-corrected chi connectivity index (χ0v) is 10.2. The first-order valence-electron chi connectivity index (χ1n) is 5.36. The van der Waals surface area contributed by atoms with Gasteiger partial charge >= 0.3 is 0 Å². The maximum Gasteiger partial charge on any atom is 0.168 e. The van der Waals surface area contributed by atoms with Crippen molar-refractivity contribution < 1.29 is 4.79 Å².